The van der Waals surface area contributed by atoms with Gasteiger partial charge >= 0.3 is 0 Å². The summed E-state index contributed by atoms with van der Waals surface area (Å²) in [5, 5.41) is 22.0. The monoisotopic (exact) mass is 377 g/mol. The van der Waals surface area contributed by atoms with E-state index in [0.29, 0.717) is 11.6 Å². The number of anilines is 1. The van der Waals surface area contributed by atoms with Gasteiger partial charge in [-0.3, -0.25) is 4.68 Å². The molecule has 0 spiro atoms. The van der Waals surface area contributed by atoms with Crippen LogP contribution in [0.15, 0.2) is 30.9 Å². The first-order valence-corrected chi connectivity index (χ1v) is 9.83. The molecule has 0 aliphatic carbocycles. The summed E-state index contributed by atoms with van der Waals surface area (Å²) in [5.74, 6) is 0. The van der Waals surface area contributed by atoms with Crippen LogP contribution in [-0.2, 0) is 4.74 Å². The zero-order valence-corrected chi connectivity index (χ0v) is 15.7. The summed E-state index contributed by atoms with van der Waals surface area (Å²) in [6.45, 7) is 5.29. The third kappa shape index (κ3) is 3.03. The van der Waals surface area contributed by atoms with E-state index in [1.165, 1.54) is 0 Å². The summed E-state index contributed by atoms with van der Waals surface area (Å²) in [7, 11) is 0. The lowest BCUT2D eigenvalue weighted by Crippen LogP contribution is -2.43. The standard InChI is InChI=1S/C20H23N7O/c21-10-16-11-24-27-13-15(9-19(20(16)27)25-5-3-22-4-6-25)17-12-23-26(14-17)18-1-7-28-8-2-18/h9,11-14,18,22H,1-8H2. The lowest BCUT2D eigenvalue weighted by atomic mass is 10.1. The SMILES string of the molecule is N#Cc1cnn2cc(-c3cnn(C4CCOCC4)c3)cc(N3CCNCC3)c12. The minimum absolute atomic E-state index is 0.397. The average Bonchev–Trinajstić information content (AvgIpc) is 3.41. The molecule has 1 N–H and O–H groups in total. The quantitative estimate of drug-likeness (QED) is 0.750. The number of pyridine rings is 1. The third-order valence-electron chi connectivity index (χ3n) is 5.67. The van der Waals surface area contributed by atoms with E-state index in [1.54, 1.807) is 6.20 Å². The molecule has 5 rings (SSSR count). The van der Waals surface area contributed by atoms with Crippen molar-refractivity contribution < 1.29 is 4.74 Å². The number of fused-ring (bicyclic) bond motifs is 1. The number of nitriles is 1. The minimum Gasteiger partial charge on any atom is -0.381 e. The normalized spacial score (nSPS) is 18.5. The fourth-order valence-corrected chi connectivity index (χ4v) is 4.12. The van der Waals surface area contributed by atoms with Crippen molar-refractivity contribution in [3.63, 3.8) is 0 Å². The minimum atomic E-state index is 0.397. The van der Waals surface area contributed by atoms with Gasteiger partial charge in [0.25, 0.3) is 0 Å². The molecule has 144 valence electrons. The molecule has 2 saturated heterocycles. The molecule has 0 amide bonds. The number of hydrogen-bond acceptors (Lipinski definition) is 6. The van der Waals surface area contributed by atoms with Crippen LogP contribution in [0.2, 0.25) is 0 Å². The van der Waals surface area contributed by atoms with Crippen LogP contribution in [-0.4, -0.2) is 58.8 Å². The van der Waals surface area contributed by atoms with Gasteiger partial charge in [-0.05, 0) is 18.9 Å². The fourth-order valence-electron chi connectivity index (χ4n) is 4.12. The van der Waals surface area contributed by atoms with Gasteiger partial charge in [0.1, 0.15) is 11.6 Å². The maximum absolute atomic E-state index is 9.52. The van der Waals surface area contributed by atoms with Crippen molar-refractivity contribution in [1.82, 2.24) is 24.7 Å². The number of aromatic nitrogens is 4. The topological polar surface area (TPSA) is 83.4 Å². The van der Waals surface area contributed by atoms with Crippen LogP contribution in [0.25, 0.3) is 16.6 Å². The first-order valence-electron chi connectivity index (χ1n) is 9.83. The molecule has 8 nitrogen and oxygen atoms in total. The van der Waals surface area contributed by atoms with E-state index in [0.717, 1.165) is 74.6 Å². The Balaban J connectivity index is 1.56. The Hall–Kier alpha value is -2.89. The lowest BCUT2D eigenvalue weighted by Gasteiger charge is -2.30. The molecule has 8 heteroatoms. The zero-order chi connectivity index (χ0) is 18.9. The third-order valence-corrected chi connectivity index (χ3v) is 5.67. The highest BCUT2D eigenvalue weighted by atomic mass is 16.5. The van der Waals surface area contributed by atoms with Gasteiger partial charge in [0.05, 0.1) is 29.7 Å². The predicted octanol–water partition coefficient (Wildman–Crippen LogP) is 1.83. The Morgan fingerprint density at radius 3 is 2.68 bits per heavy atom. The molecular formula is C20H23N7O. The van der Waals surface area contributed by atoms with E-state index in [-0.39, 0.29) is 0 Å². The Morgan fingerprint density at radius 1 is 1.07 bits per heavy atom. The van der Waals surface area contributed by atoms with Crippen molar-refractivity contribution in [3.05, 3.63) is 36.4 Å². The number of hydrogen-bond donors (Lipinski definition) is 1. The van der Waals surface area contributed by atoms with Crippen molar-refractivity contribution in [2.45, 2.75) is 18.9 Å². The smallest absolute Gasteiger partial charge is 0.107 e. The molecule has 3 aromatic rings. The largest absolute Gasteiger partial charge is 0.381 e. The molecular weight excluding hydrogens is 354 g/mol. The predicted molar refractivity (Wildman–Crippen MR) is 105 cm³/mol. The van der Waals surface area contributed by atoms with Crippen molar-refractivity contribution in [1.29, 1.82) is 5.26 Å². The van der Waals surface area contributed by atoms with E-state index in [2.05, 4.69) is 43.4 Å². The van der Waals surface area contributed by atoms with E-state index in [9.17, 15) is 5.26 Å². The Labute approximate surface area is 163 Å². The Kier molecular flexibility index (Phi) is 4.47. The summed E-state index contributed by atoms with van der Waals surface area (Å²) >= 11 is 0. The van der Waals surface area contributed by atoms with Gasteiger partial charge in [-0.25, -0.2) is 4.52 Å². The number of rotatable bonds is 3. The van der Waals surface area contributed by atoms with Crippen molar-refractivity contribution in [2.24, 2.45) is 0 Å². The molecule has 0 bridgehead atoms. The summed E-state index contributed by atoms with van der Waals surface area (Å²) < 4.78 is 9.36. The van der Waals surface area contributed by atoms with Crippen LogP contribution < -0.4 is 10.2 Å². The second-order valence-corrected chi connectivity index (χ2v) is 7.37. The molecule has 5 heterocycles. The van der Waals surface area contributed by atoms with E-state index >= 15 is 0 Å². The molecule has 0 saturated carbocycles. The number of piperazine rings is 1. The average molecular weight is 377 g/mol. The highest BCUT2D eigenvalue weighted by molar-refractivity contribution is 5.83. The fraction of sp³-hybridized carbons (Fsp3) is 0.450. The number of nitrogens with zero attached hydrogens (tertiary/aromatic N) is 6. The van der Waals surface area contributed by atoms with E-state index in [1.807, 2.05) is 16.9 Å². The van der Waals surface area contributed by atoms with E-state index in [4.69, 9.17) is 4.74 Å². The summed E-state index contributed by atoms with van der Waals surface area (Å²) in [6, 6.07) is 4.85. The van der Waals surface area contributed by atoms with Crippen LogP contribution in [0.5, 0.6) is 0 Å². The number of nitrogens with one attached hydrogen (secondary N) is 1. The van der Waals surface area contributed by atoms with Crippen LogP contribution in [0, 0.1) is 11.3 Å². The zero-order valence-electron chi connectivity index (χ0n) is 15.7. The molecule has 2 aliphatic heterocycles. The van der Waals surface area contributed by atoms with Crippen molar-refractivity contribution in [2.75, 3.05) is 44.3 Å². The summed E-state index contributed by atoms with van der Waals surface area (Å²) in [5.41, 5.74) is 4.68. The Morgan fingerprint density at radius 2 is 1.89 bits per heavy atom. The first-order chi connectivity index (χ1) is 13.8. The van der Waals surface area contributed by atoms with Gasteiger partial charge in [-0.1, -0.05) is 0 Å². The Bertz CT molecular complexity index is 1020. The highest BCUT2D eigenvalue weighted by Crippen LogP contribution is 2.32. The van der Waals surface area contributed by atoms with Gasteiger partial charge in [0.15, 0.2) is 0 Å². The van der Waals surface area contributed by atoms with E-state index < -0.39 is 0 Å². The molecule has 2 aliphatic rings. The van der Waals surface area contributed by atoms with Gasteiger partial charge < -0.3 is 15.0 Å². The van der Waals surface area contributed by atoms with Gasteiger partial charge in [-0.15, -0.1) is 0 Å². The van der Waals surface area contributed by atoms with Crippen LogP contribution in [0.1, 0.15) is 24.4 Å². The van der Waals surface area contributed by atoms with Gasteiger partial charge in [0, 0.05) is 62.9 Å². The van der Waals surface area contributed by atoms with Gasteiger partial charge in [0.2, 0.25) is 0 Å². The van der Waals surface area contributed by atoms with Crippen molar-refractivity contribution in [3.8, 4) is 17.2 Å². The summed E-state index contributed by atoms with van der Waals surface area (Å²) in [6.07, 6.45) is 9.68. The van der Waals surface area contributed by atoms with Crippen molar-refractivity contribution >= 4 is 11.2 Å². The van der Waals surface area contributed by atoms with Gasteiger partial charge in [-0.2, -0.15) is 15.5 Å². The second kappa shape index (κ2) is 7.26. The lowest BCUT2D eigenvalue weighted by molar-refractivity contribution is 0.0662. The number of ether oxygens (including phenoxy) is 1. The second-order valence-electron chi connectivity index (χ2n) is 7.37. The highest BCUT2D eigenvalue weighted by Gasteiger charge is 2.20. The molecule has 0 radical (unpaired) electrons. The molecule has 3 aromatic heterocycles. The van der Waals surface area contributed by atoms with Crippen LogP contribution in [0.3, 0.4) is 0 Å². The maximum Gasteiger partial charge on any atom is 0.107 e. The molecule has 0 unspecified atom stereocenters. The molecule has 28 heavy (non-hydrogen) atoms. The first kappa shape index (κ1) is 17.2. The van der Waals surface area contributed by atoms with Crippen LogP contribution >= 0.6 is 0 Å². The molecule has 0 atom stereocenters. The summed E-state index contributed by atoms with van der Waals surface area (Å²) in [4.78, 5) is 2.33. The molecule has 0 aromatic carbocycles. The maximum atomic E-state index is 9.52. The molecule has 2 fully saturated rings. The van der Waals surface area contributed by atoms with Crippen LogP contribution in [0.4, 0.5) is 5.69 Å².